The van der Waals surface area contributed by atoms with Gasteiger partial charge in [-0.15, -0.1) is 11.3 Å². The maximum Gasteiger partial charge on any atom is 0.348 e. The predicted octanol–water partition coefficient (Wildman–Crippen LogP) is 1.84. The Kier molecular flexibility index (Phi) is 4.79. The number of ether oxygens (including phenoxy) is 1. The third kappa shape index (κ3) is 3.98. The number of thiophene rings is 1. The van der Waals surface area contributed by atoms with Crippen LogP contribution in [0.4, 0.5) is 4.39 Å². The Balaban J connectivity index is 1.60. The van der Waals surface area contributed by atoms with Crippen LogP contribution in [0.25, 0.3) is 10.1 Å². The van der Waals surface area contributed by atoms with E-state index >= 15 is 0 Å². The number of fused-ring (bicyclic) bond motifs is 1. The number of esters is 1. The Morgan fingerprint density at radius 3 is 2.80 bits per heavy atom. The largest absolute Gasteiger partial charge is 0.451 e. The third-order valence-corrected chi connectivity index (χ3v) is 7.00. The lowest BCUT2D eigenvalue weighted by Crippen LogP contribution is -2.40. The monoisotopic (exact) mass is 385 g/mol. The molecule has 0 spiro atoms. The van der Waals surface area contributed by atoms with Crippen LogP contribution >= 0.6 is 11.3 Å². The van der Waals surface area contributed by atoms with E-state index in [1.807, 2.05) is 0 Å². The smallest absolute Gasteiger partial charge is 0.348 e. The lowest BCUT2D eigenvalue weighted by Gasteiger charge is -2.23. The lowest BCUT2D eigenvalue weighted by atomic mass is 10.2. The normalized spacial score (nSPS) is 19.0. The summed E-state index contributed by atoms with van der Waals surface area (Å²) in [5, 5.41) is 0.594. The van der Waals surface area contributed by atoms with E-state index in [1.54, 1.807) is 6.07 Å². The number of hydrogen-bond donors (Lipinski definition) is 0. The van der Waals surface area contributed by atoms with Crippen molar-refractivity contribution in [1.82, 2.24) is 4.90 Å². The molecule has 25 heavy (non-hydrogen) atoms. The average molecular weight is 385 g/mol. The highest BCUT2D eigenvalue weighted by Gasteiger charge is 2.33. The molecule has 1 amide bonds. The van der Waals surface area contributed by atoms with Crippen molar-refractivity contribution < 1.29 is 27.1 Å². The van der Waals surface area contributed by atoms with Gasteiger partial charge in [-0.2, -0.15) is 0 Å². The van der Waals surface area contributed by atoms with E-state index in [9.17, 15) is 22.4 Å². The van der Waals surface area contributed by atoms with Crippen molar-refractivity contribution in [2.75, 3.05) is 25.2 Å². The quantitative estimate of drug-likeness (QED) is 0.751. The summed E-state index contributed by atoms with van der Waals surface area (Å²) in [6.07, 6.45) is 0.389. The minimum absolute atomic E-state index is 0.0629. The molecule has 2 aromatic rings. The average Bonchev–Trinajstić information content (AvgIpc) is 3.14. The van der Waals surface area contributed by atoms with E-state index in [1.165, 1.54) is 30.1 Å². The molecular weight excluding hydrogens is 369 g/mol. The van der Waals surface area contributed by atoms with Crippen LogP contribution in [0.15, 0.2) is 24.3 Å². The molecule has 1 aliphatic heterocycles. The van der Waals surface area contributed by atoms with Crippen LogP contribution in [0.3, 0.4) is 0 Å². The zero-order valence-corrected chi connectivity index (χ0v) is 15.0. The van der Waals surface area contributed by atoms with Gasteiger partial charge in [-0.05, 0) is 36.1 Å². The van der Waals surface area contributed by atoms with Gasteiger partial charge in [-0.25, -0.2) is 17.6 Å². The van der Waals surface area contributed by atoms with Crippen molar-refractivity contribution in [3.05, 3.63) is 35.0 Å². The van der Waals surface area contributed by atoms with Crippen LogP contribution in [0.5, 0.6) is 0 Å². The van der Waals surface area contributed by atoms with E-state index in [2.05, 4.69) is 0 Å². The minimum atomic E-state index is -3.10. The second kappa shape index (κ2) is 6.72. The van der Waals surface area contributed by atoms with Gasteiger partial charge in [0.25, 0.3) is 5.91 Å². The van der Waals surface area contributed by atoms with Gasteiger partial charge >= 0.3 is 5.97 Å². The Labute approximate surface area is 148 Å². The number of carbonyl (C=O) groups is 2. The van der Waals surface area contributed by atoms with Crippen LogP contribution < -0.4 is 0 Å². The highest BCUT2D eigenvalue weighted by molar-refractivity contribution is 7.91. The van der Waals surface area contributed by atoms with Gasteiger partial charge in [-0.1, -0.05) is 0 Å². The van der Waals surface area contributed by atoms with Gasteiger partial charge in [0.15, 0.2) is 16.4 Å². The summed E-state index contributed by atoms with van der Waals surface area (Å²) in [4.78, 5) is 25.8. The summed E-state index contributed by atoms with van der Waals surface area (Å²) in [5.74, 6) is -1.52. The first-order chi connectivity index (χ1) is 11.7. The topological polar surface area (TPSA) is 80.8 Å². The highest BCUT2D eigenvalue weighted by atomic mass is 32.2. The molecule has 0 N–H and O–H groups in total. The van der Waals surface area contributed by atoms with Crippen molar-refractivity contribution in [2.45, 2.75) is 12.5 Å². The van der Waals surface area contributed by atoms with Gasteiger partial charge < -0.3 is 9.64 Å². The van der Waals surface area contributed by atoms with Gasteiger partial charge in [0, 0.05) is 17.8 Å². The van der Waals surface area contributed by atoms with Gasteiger partial charge in [-0.3, -0.25) is 4.79 Å². The molecule has 1 saturated heterocycles. The number of amides is 1. The fourth-order valence-corrected chi connectivity index (χ4v) is 5.41. The van der Waals surface area contributed by atoms with E-state index in [4.69, 9.17) is 4.74 Å². The van der Waals surface area contributed by atoms with Crippen molar-refractivity contribution >= 4 is 43.1 Å². The molecule has 1 atom stereocenters. The van der Waals surface area contributed by atoms with Crippen LogP contribution in [-0.4, -0.2) is 56.4 Å². The standard InChI is InChI=1S/C16H16FNO5S2/c1-18(12-4-5-25(21,22)9-12)15(19)8-23-16(20)14-7-10-6-11(17)2-3-13(10)24-14/h2-3,6-7,12H,4-5,8-9H2,1H3/t12-/m0/s1. The van der Waals surface area contributed by atoms with Crippen molar-refractivity contribution in [1.29, 1.82) is 0 Å². The second-order valence-corrected chi connectivity index (χ2v) is 9.24. The van der Waals surface area contributed by atoms with Crippen LogP contribution in [0, 0.1) is 5.82 Å². The fraction of sp³-hybridized carbons (Fsp3) is 0.375. The summed E-state index contributed by atoms with van der Waals surface area (Å²) in [7, 11) is -1.59. The van der Waals surface area contributed by atoms with E-state index in [0.717, 1.165) is 16.0 Å². The summed E-state index contributed by atoms with van der Waals surface area (Å²) < 4.78 is 41.9. The second-order valence-electron chi connectivity index (χ2n) is 5.93. The number of benzene rings is 1. The summed E-state index contributed by atoms with van der Waals surface area (Å²) >= 11 is 1.15. The molecule has 6 nitrogen and oxygen atoms in total. The summed E-state index contributed by atoms with van der Waals surface area (Å²) in [6.45, 7) is -0.464. The molecule has 1 fully saturated rings. The molecule has 0 saturated carbocycles. The molecule has 9 heteroatoms. The minimum Gasteiger partial charge on any atom is -0.451 e. The van der Waals surface area contributed by atoms with E-state index in [0.29, 0.717) is 11.8 Å². The fourth-order valence-electron chi connectivity index (χ4n) is 2.70. The first-order valence-corrected chi connectivity index (χ1v) is 10.2. The molecule has 0 unspecified atom stereocenters. The number of likely N-dealkylation sites (N-methyl/N-ethyl adjacent to an activating group) is 1. The maximum atomic E-state index is 13.2. The third-order valence-electron chi connectivity index (χ3n) is 4.16. The van der Waals surface area contributed by atoms with Gasteiger partial charge in [0.2, 0.25) is 0 Å². The molecular formula is C16H16FNO5S2. The summed E-state index contributed by atoms with van der Waals surface area (Å²) in [6, 6.07) is 5.34. The van der Waals surface area contributed by atoms with Gasteiger partial charge in [0.05, 0.1) is 11.5 Å². The molecule has 3 rings (SSSR count). The first kappa shape index (κ1) is 17.8. The molecule has 0 bridgehead atoms. The number of rotatable bonds is 4. The Morgan fingerprint density at radius 1 is 1.36 bits per heavy atom. The molecule has 0 radical (unpaired) electrons. The van der Waals surface area contributed by atoms with Crippen molar-refractivity contribution in [2.24, 2.45) is 0 Å². The summed E-state index contributed by atoms with van der Waals surface area (Å²) in [5.41, 5.74) is 0. The molecule has 0 aliphatic carbocycles. The Hall–Kier alpha value is -2.00. The van der Waals surface area contributed by atoms with Crippen molar-refractivity contribution in [3.8, 4) is 0 Å². The number of hydrogen-bond acceptors (Lipinski definition) is 6. The number of carbonyl (C=O) groups excluding carboxylic acids is 2. The van der Waals surface area contributed by atoms with Crippen LogP contribution in [0.1, 0.15) is 16.1 Å². The van der Waals surface area contributed by atoms with Crippen molar-refractivity contribution in [3.63, 3.8) is 0 Å². The number of halogens is 1. The lowest BCUT2D eigenvalue weighted by molar-refractivity contribution is -0.134. The SMILES string of the molecule is CN(C(=O)COC(=O)c1cc2cc(F)ccc2s1)[C@H]1CCS(=O)(=O)C1. The van der Waals surface area contributed by atoms with E-state index in [-0.39, 0.29) is 22.4 Å². The van der Waals surface area contributed by atoms with Crippen LogP contribution in [0.2, 0.25) is 0 Å². The zero-order valence-electron chi connectivity index (χ0n) is 13.4. The molecule has 1 aromatic heterocycles. The van der Waals surface area contributed by atoms with E-state index < -0.39 is 34.1 Å². The molecule has 1 aliphatic rings. The molecule has 2 heterocycles. The molecule has 134 valence electrons. The number of sulfone groups is 1. The predicted molar refractivity (Wildman–Crippen MR) is 91.9 cm³/mol. The highest BCUT2D eigenvalue weighted by Crippen LogP contribution is 2.26. The first-order valence-electron chi connectivity index (χ1n) is 7.57. The zero-order chi connectivity index (χ0) is 18.2. The maximum absolute atomic E-state index is 13.2. The Morgan fingerprint density at radius 2 is 2.12 bits per heavy atom. The Bertz CT molecular complexity index is 937. The number of nitrogens with zero attached hydrogens (tertiary/aromatic N) is 1. The van der Waals surface area contributed by atoms with Crippen LogP contribution in [-0.2, 0) is 19.4 Å². The van der Waals surface area contributed by atoms with Gasteiger partial charge in [0.1, 0.15) is 10.7 Å². The molecule has 1 aromatic carbocycles.